The largest absolute Gasteiger partial charge is 0.490 e. The van der Waals surface area contributed by atoms with E-state index in [1.54, 1.807) is 6.20 Å². The maximum atomic E-state index is 12.9. The summed E-state index contributed by atoms with van der Waals surface area (Å²) in [4.78, 5) is 41.9. The van der Waals surface area contributed by atoms with Crippen LogP contribution in [0.25, 0.3) is 44.5 Å². The Hall–Kier alpha value is -5.87. The van der Waals surface area contributed by atoms with E-state index in [2.05, 4.69) is 67.6 Å². The number of hydrogen-bond donors (Lipinski definition) is 5. The normalized spacial score (nSPS) is 11.2. The number of pyridine rings is 2. The molecule has 2 heterocycles. The molecule has 7 N–H and O–H groups in total. The molecule has 0 atom stereocenters. The number of carbonyl (C=O) groups is 3. The Morgan fingerprint density at radius 3 is 1.89 bits per heavy atom. The Bertz CT molecular complexity index is 1980. The van der Waals surface area contributed by atoms with Crippen molar-refractivity contribution in [1.29, 1.82) is 0 Å². The highest BCUT2D eigenvalue weighted by Crippen LogP contribution is 2.36. The summed E-state index contributed by atoms with van der Waals surface area (Å²) in [5.41, 5.74) is 12.5. The predicted octanol–water partition coefficient (Wildman–Crippen LogP) is 4.90. The fourth-order valence-electron chi connectivity index (χ4n) is 4.77. The molecule has 10 nitrogen and oxygen atoms in total. The zero-order chi connectivity index (χ0) is 39.3. The smallest absolute Gasteiger partial charge is 0.475 e. The maximum absolute atomic E-state index is 12.9. The van der Waals surface area contributed by atoms with Crippen molar-refractivity contribution in [3.05, 3.63) is 108 Å². The van der Waals surface area contributed by atoms with Gasteiger partial charge in [0.2, 0.25) is 0 Å². The average Bonchev–Trinajstić information content (AvgIpc) is 3.12. The second-order valence-electron chi connectivity index (χ2n) is 11.7. The van der Waals surface area contributed by atoms with Crippen LogP contribution in [0.15, 0.2) is 97.2 Å². The first-order chi connectivity index (χ1) is 24.9. The van der Waals surface area contributed by atoms with Gasteiger partial charge in [0.15, 0.2) is 0 Å². The Balaban J connectivity index is 0.000000458. The summed E-state index contributed by atoms with van der Waals surface area (Å²) in [6.45, 7) is 2.42. The van der Waals surface area contributed by atoms with Gasteiger partial charge < -0.3 is 26.2 Å². The highest BCUT2D eigenvalue weighted by Gasteiger charge is 2.38. The molecule has 5 aromatic rings. The van der Waals surface area contributed by atoms with E-state index in [9.17, 15) is 31.1 Å². The zero-order valence-corrected chi connectivity index (χ0v) is 28.6. The summed E-state index contributed by atoms with van der Waals surface area (Å²) in [6.07, 6.45) is -7.44. The lowest BCUT2D eigenvalue weighted by molar-refractivity contribution is -0.858. The molecule has 0 spiro atoms. The van der Waals surface area contributed by atoms with E-state index >= 15 is 0 Å². The number of carboxylic acid groups (broad SMARTS) is 2. The molecule has 5 rings (SSSR count). The van der Waals surface area contributed by atoms with Gasteiger partial charge in [-0.1, -0.05) is 66.7 Å². The number of benzene rings is 3. The molecule has 53 heavy (non-hydrogen) atoms. The number of fused-ring (bicyclic) bond motifs is 1. The SMILES string of the molecule is C[NH+](C)CCCNC(=O)c1cccc(-c2nccc3nc(-c4ccc(C[NH3+])cc4)c(-c4ccccc4)cc23)c1.O=C(O)C(F)(F)F.O=C(O)C(F)(F)F. The van der Waals surface area contributed by atoms with Gasteiger partial charge in [-0.25, -0.2) is 14.6 Å². The second-order valence-corrected chi connectivity index (χ2v) is 11.7. The summed E-state index contributed by atoms with van der Waals surface area (Å²) in [7, 11) is 4.23. The van der Waals surface area contributed by atoms with Crippen molar-refractivity contribution in [2.45, 2.75) is 25.3 Å². The molecule has 2 aromatic heterocycles. The number of hydrogen-bond acceptors (Lipinski definition) is 5. The Morgan fingerprint density at radius 1 is 0.755 bits per heavy atom. The van der Waals surface area contributed by atoms with Gasteiger partial charge in [0, 0.05) is 52.4 Å². The van der Waals surface area contributed by atoms with Crippen LogP contribution in [-0.2, 0) is 16.1 Å². The van der Waals surface area contributed by atoms with Gasteiger partial charge >= 0.3 is 24.3 Å². The lowest BCUT2D eigenvalue weighted by Gasteiger charge is -2.14. The zero-order valence-electron chi connectivity index (χ0n) is 28.6. The second kappa shape index (κ2) is 18.6. The molecule has 0 aliphatic heterocycles. The quantitative estimate of drug-likeness (QED) is 0.106. The first-order valence-electron chi connectivity index (χ1n) is 15.9. The van der Waals surface area contributed by atoms with Crippen molar-refractivity contribution in [2.24, 2.45) is 0 Å². The van der Waals surface area contributed by atoms with Crippen LogP contribution in [0.3, 0.4) is 0 Å². The van der Waals surface area contributed by atoms with Crippen LogP contribution in [0, 0.1) is 0 Å². The van der Waals surface area contributed by atoms with Gasteiger partial charge in [-0.05, 0) is 29.8 Å². The molecule has 0 fully saturated rings. The third-order valence-corrected chi connectivity index (χ3v) is 7.37. The Morgan fingerprint density at radius 2 is 1.34 bits per heavy atom. The van der Waals surface area contributed by atoms with Gasteiger partial charge in [-0.15, -0.1) is 0 Å². The van der Waals surface area contributed by atoms with Gasteiger partial charge in [0.1, 0.15) is 0 Å². The summed E-state index contributed by atoms with van der Waals surface area (Å²) in [5.74, 6) is -5.58. The number of halogens is 6. The first kappa shape index (κ1) is 41.5. The molecule has 0 radical (unpaired) electrons. The van der Waals surface area contributed by atoms with E-state index < -0.39 is 24.3 Å². The fraction of sp³-hybridized carbons (Fsp3) is 0.216. The van der Waals surface area contributed by atoms with Gasteiger partial charge in [0.05, 0.1) is 44.1 Å². The van der Waals surface area contributed by atoms with E-state index in [0.29, 0.717) is 12.1 Å². The monoisotopic (exact) mass is 745 g/mol. The van der Waals surface area contributed by atoms with Crippen LogP contribution in [0.4, 0.5) is 26.3 Å². The predicted molar refractivity (Wildman–Crippen MR) is 184 cm³/mol. The molecule has 16 heteroatoms. The molecule has 0 saturated heterocycles. The molecule has 0 unspecified atom stereocenters. The minimum absolute atomic E-state index is 0.0676. The van der Waals surface area contributed by atoms with E-state index in [4.69, 9.17) is 29.8 Å². The molecule has 1 amide bonds. The summed E-state index contributed by atoms with van der Waals surface area (Å²) in [6, 6.07) is 30.6. The number of carbonyl (C=O) groups excluding carboxylic acids is 1. The molecular formula is C37H37F6N5O5+2. The van der Waals surface area contributed by atoms with Crippen molar-refractivity contribution in [2.75, 3.05) is 27.2 Å². The third kappa shape index (κ3) is 12.4. The first-order valence-corrected chi connectivity index (χ1v) is 15.9. The molecule has 0 saturated carbocycles. The van der Waals surface area contributed by atoms with Crippen molar-refractivity contribution in [3.8, 4) is 33.6 Å². The summed E-state index contributed by atoms with van der Waals surface area (Å²) >= 11 is 0. The number of nitrogens with zero attached hydrogens (tertiary/aromatic N) is 2. The van der Waals surface area contributed by atoms with Crippen LogP contribution < -0.4 is 16.0 Å². The van der Waals surface area contributed by atoms with E-state index in [0.717, 1.165) is 64.1 Å². The fourth-order valence-corrected chi connectivity index (χ4v) is 4.77. The van der Waals surface area contributed by atoms with Crippen LogP contribution in [0.5, 0.6) is 0 Å². The van der Waals surface area contributed by atoms with E-state index in [1.165, 1.54) is 10.5 Å². The van der Waals surface area contributed by atoms with Gasteiger partial charge in [0.25, 0.3) is 5.91 Å². The van der Waals surface area contributed by atoms with Crippen molar-refractivity contribution in [1.82, 2.24) is 15.3 Å². The standard InChI is InChI=1S/C33H33N5O.2C2HF3O2/c1-38(2)19-7-17-36-33(39)27-11-6-10-26(20-27)31-29-21-28(24-8-4-3-5-9-24)32(37-30(29)16-18-35-31)25-14-12-23(22-34)13-15-25;2*3-2(4,5)1(6)7/h3-6,8-16,18,20-21H,7,17,19,22,34H2,1-2H3,(H,36,39);2*(H,6,7)/p+2. The molecular weight excluding hydrogens is 708 g/mol. The summed E-state index contributed by atoms with van der Waals surface area (Å²) in [5, 5.41) is 18.2. The topological polar surface area (TPSA) is 162 Å². The third-order valence-electron chi connectivity index (χ3n) is 7.37. The van der Waals surface area contributed by atoms with E-state index in [1.807, 2.05) is 48.5 Å². The number of amides is 1. The van der Waals surface area contributed by atoms with Crippen LogP contribution in [0.1, 0.15) is 22.3 Å². The number of aliphatic carboxylic acids is 2. The minimum Gasteiger partial charge on any atom is -0.475 e. The van der Waals surface area contributed by atoms with Crippen molar-refractivity contribution >= 4 is 28.7 Å². The number of nitrogens with one attached hydrogen (secondary N) is 2. The number of carboxylic acids is 2. The highest BCUT2D eigenvalue weighted by atomic mass is 19.4. The highest BCUT2D eigenvalue weighted by molar-refractivity contribution is 6.00. The molecule has 0 aliphatic rings. The van der Waals surface area contributed by atoms with Gasteiger partial charge in [-0.2, -0.15) is 26.3 Å². The van der Waals surface area contributed by atoms with Crippen LogP contribution in [-0.4, -0.2) is 77.6 Å². The van der Waals surface area contributed by atoms with Crippen LogP contribution in [0.2, 0.25) is 0 Å². The van der Waals surface area contributed by atoms with Crippen molar-refractivity contribution in [3.63, 3.8) is 0 Å². The number of quaternary nitrogens is 2. The van der Waals surface area contributed by atoms with Crippen molar-refractivity contribution < 1.29 is 61.6 Å². The summed E-state index contributed by atoms with van der Waals surface area (Å²) < 4.78 is 63.5. The lowest BCUT2D eigenvalue weighted by Crippen LogP contribution is -3.05. The Kier molecular flexibility index (Phi) is 14.6. The molecule has 0 aliphatic carbocycles. The number of aromatic nitrogens is 2. The Labute approximate surface area is 299 Å². The average molecular weight is 746 g/mol. The maximum Gasteiger partial charge on any atom is 0.490 e. The van der Waals surface area contributed by atoms with Gasteiger partial charge in [-0.3, -0.25) is 9.78 Å². The lowest BCUT2D eigenvalue weighted by atomic mass is 9.95. The number of rotatable bonds is 9. The van der Waals surface area contributed by atoms with Crippen LogP contribution >= 0.6 is 0 Å². The molecule has 0 bridgehead atoms. The molecule has 280 valence electrons. The molecule has 3 aromatic carbocycles. The van der Waals surface area contributed by atoms with E-state index in [-0.39, 0.29) is 5.91 Å². The number of alkyl halides is 6. The minimum atomic E-state index is -5.08.